The molecule has 0 saturated heterocycles. The number of carbonyl (C=O) groups is 1. The van der Waals surface area contributed by atoms with Gasteiger partial charge >= 0.3 is 5.63 Å². The van der Waals surface area contributed by atoms with Gasteiger partial charge in [-0.15, -0.1) is 0 Å². The Bertz CT molecular complexity index is 1710. The zero-order chi connectivity index (χ0) is 27.4. The van der Waals surface area contributed by atoms with Crippen LogP contribution in [0.5, 0.6) is 0 Å². The van der Waals surface area contributed by atoms with E-state index in [2.05, 4.69) is 22.8 Å². The van der Waals surface area contributed by atoms with E-state index < -0.39 is 5.63 Å². The number of thiocarbonyl (C=S) groups is 1. The van der Waals surface area contributed by atoms with Gasteiger partial charge in [0.25, 0.3) is 0 Å². The highest BCUT2D eigenvalue weighted by Crippen LogP contribution is 2.35. The molecule has 2 aromatic heterocycles. The van der Waals surface area contributed by atoms with Crippen LogP contribution in [0.3, 0.4) is 0 Å². The fourth-order valence-electron chi connectivity index (χ4n) is 4.64. The molecule has 6 nitrogen and oxygen atoms in total. The van der Waals surface area contributed by atoms with E-state index in [9.17, 15) is 9.59 Å². The number of aryl methyl sites for hydroxylation is 2. The predicted molar refractivity (Wildman–Crippen MR) is 159 cm³/mol. The van der Waals surface area contributed by atoms with Crippen LogP contribution >= 0.6 is 23.8 Å². The first kappa shape index (κ1) is 26.7. The van der Waals surface area contributed by atoms with Crippen molar-refractivity contribution in [2.45, 2.75) is 32.6 Å². The average Bonchev–Trinajstić information content (AvgIpc) is 3.33. The second-order valence-electron chi connectivity index (χ2n) is 9.42. The van der Waals surface area contributed by atoms with Crippen molar-refractivity contribution in [3.05, 3.63) is 105 Å². The minimum Gasteiger partial charge on any atom is -0.464 e. The fourth-order valence-corrected chi connectivity index (χ4v) is 4.99. The summed E-state index contributed by atoms with van der Waals surface area (Å²) in [6.45, 7) is 2.47. The van der Waals surface area contributed by atoms with Crippen LogP contribution in [0.1, 0.15) is 29.5 Å². The zero-order valence-corrected chi connectivity index (χ0v) is 23.0. The number of benzene rings is 3. The van der Waals surface area contributed by atoms with Gasteiger partial charge < -0.3 is 19.5 Å². The maximum absolute atomic E-state index is 12.8. The lowest BCUT2D eigenvalue weighted by molar-refractivity contribution is -0.119. The summed E-state index contributed by atoms with van der Waals surface area (Å²) in [6, 6.07) is 21.4. The van der Waals surface area contributed by atoms with Crippen LogP contribution in [0, 0.1) is 6.92 Å². The molecule has 2 N–H and O–H groups in total. The van der Waals surface area contributed by atoms with E-state index in [1.54, 1.807) is 12.3 Å². The Morgan fingerprint density at radius 3 is 2.51 bits per heavy atom. The molecule has 3 aromatic carbocycles. The molecule has 5 aromatic rings. The lowest BCUT2D eigenvalue weighted by Gasteiger charge is -2.11. The standard InChI is InChI=1S/C31H27ClN2O4S/c1-19-23-15-25-26(21-10-12-22(32)13-11-21)18-37-27(25)17-28(23)38-30(36)24(19)16-29(35)34-31(39)33-14-6-5-9-20-7-3-2-4-8-20/h2-4,7-8,10-13,15,17-18H,5-6,9,14,16H2,1H3,(H2,33,34,35,39). The second kappa shape index (κ2) is 11.8. The Labute approximate surface area is 236 Å². The van der Waals surface area contributed by atoms with Crippen LogP contribution in [-0.4, -0.2) is 17.6 Å². The Morgan fingerprint density at radius 2 is 1.74 bits per heavy atom. The van der Waals surface area contributed by atoms with E-state index in [1.807, 2.05) is 55.5 Å². The molecule has 39 heavy (non-hydrogen) atoms. The molecule has 0 aliphatic carbocycles. The molecule has 2 heterocycles. The Morgan fingerprint density at radius 1 is 0.974 bits per heavy atom. The summed E-state index contributed by atoms with van der Waals surface area (Å²) in [5.41, 5.74) is 4.57. The number of hydrogen-bond donors (Lipinski definition) is 2. The van der Waals surface area contributed by atoms with Crippen LogP contribution in [-0.2, 0) is 17.6 Å². The first-order chi connectivity index (χ1) is 18.9. The van der Waals surface area contributed by atoms with Crippen molar-refractivity contribution in [3.63, 3.8) is 0 Å². The fraction of sp³-hybridized carbons (Fsp3) is 0.194. The van der Waals surface area contributed by atoms with Crippen LogP contribution < -0.4 is 16.3 Å². The van der Waals surface area contributed by atoms with Crippen molar-refractivity contribution in [1.29, 1.82) is 0 Å². The number of rotatable bonds is 8. The van der Waals surface area contributed by atoms with E-state index in [-0.39, 0.29) is 17.4 Å². The molecular formula is C31H27ClN2O4S. The highest BCUT2D eigenvalue weighted by molar-refractivity contribution is 7.80. The van der Waals surface area contributed by atoms with Crippen LogP contribution in [0.15, 0.2) is 86.6 Å². The molecule has 0 aliphatic heterocycles. The minimum absolute atomic E-state index is 0.145. The van der Waals surface area contributed by atoms with E-state index in [0.29, 0.717) is 33.9 Å². The first-order valence-corrected chi connectivity index (χ1v) is 13.5. The van der Waals surface area contributed by atoms with Gasteiger partial charge in [-0.3, -0.25) is 4.79 Å². The summed E-state index contributed by atoms with van der Waals surface area (Å²) < 4.78 is 11.3. The van der Waals surface area contributed by atoms with Crippen molar-refractivity contribution < 1.29 is 13.6 Å². The number of hydrogen-bond acceptors (Lipinski definition) is 5. The molecule has 0 unspecified atom stereocenters. The third-order valence-electron chi connectivity index (χ3n) is 6.75. The summed E-state index contributed by atoms with van der Waals surface area (Å²) in [7, 11) is 0. The predicted octanol–water partition coefficient (Wildman–Crippen LogP) is 6.72. The summed E-state index contributed by atoms with van der Waals surface area (Å²) in [5, 5.41) is 8.24. The number of nitrogens with one attached hydrogen (secondary N) is 2. The average molecular weight is 559 g/mol. The normalized spacial score (nSPS) is 11.1. The largest absolute Gasteiger partial charge is 0.464 e. The molecule has 0 bridgehead atoms. The van der Waals surface area contributed by atoms with Crippen LogP contribution in [0.25, 0.3) is 33.1 Å². The number of amides is 1. The lowest BCUT2D eigenvalue weighted by Crippen LogP contribution is -2.40. The van der Waals surface area contributed by atoms with Crippen molar-refractivity contribution in [2.24, 2.45) is 0 Å². The lowest BCUT2D eigenvalue weighted by atomic mass is 9.99. The maximum Gasteiger partial charge on any atom is 0.340 e. The van der Waals surface area contributed by atoms with Gasteiger partial charge in [-0.05, 0) is 73.3 Å². The van der Waals surface area contributed by atoms with Gasteiger partial charge in [-0.1, -0.05) is 54.1 Å². The number of unbranched alkanes of at least 4 members (excludes halogenated alkanes) is 1. The third-order valence-corrected chi connectivity index (χ3v) is 7.25. The Hall–Kier alpha value is -3.94. The summed E-state index contributed by atoms with van der Waals surface area (Å²) in [4.78, 5) is 25.5. The number of carbonyl (C=O) groups excluding carboxylic acids is 1. The van der Waals surface area contributed by atoms with Crippen LogP contribution in [0.4, 0.5) is 0 Å². The molecule has 0 aliphatic rings. The molecule has 8 heteroatoms. The first-order valence-electron chi connectivity index (χ1n) is 12.7. The molecule has 0 spiro atoms. The summed E-state index contributed by atoms with van der Waals surface area (Å²) in [6.07, 6.45) is 4.44. The summed E-state index contributed by atoms with van der Waals surface area (Å²) >= 11 is 11.3. The van der Waals surface area contributed by atoms with Gasteiger partial charge in [0.15, 0.2) is 5.11 Å². The maximum atomic E-state index is 12.8. The van der Waals surface area contributed by atoms with Crippen molar-refractivity contribution in [1.82, 2.24) is 10.6 Å². The number of fused-ring (bicyclic) bond motifs is 2. The van der Waals surface area contributed by atoms with Crippen LogP contribution in [0.2, 0.25) is 5.02 Å². The quantitative estimate of drug-likeness (QED) is 0.125. The Kier molecular flexibility index (Phi) is 8.10. The van der Waals surface area contributed by atoms with E-state index in [4.69, 9.17) is 32.7 Å². The Balaban J connectivity index is 1.26. The SMILES string of the molecule is Cc1c(CC(=O)NC(=S)NCCCCc2ccccc2)c(=O)oc2cc3occ(-c4ccc(Cl)cc4)c3cc12. The molecule has 0 radical (unpaired) electrons. The van der Waals surface area contributed by atoms with E-state index in [1.165, 1.54) is 5.56 Å². The zero-order valence-electron chi connectivity index (χ0n) is 21.4. The molecule has 0 saturated carbocycles. The highest BCUT2D eigenvalue weighted by Gasteiger charge is 2.18. The van der Waals surface area contributed by atoms with Crippen molar-refractivity contribution in [3.8, 4) is 11.1 Å². The molecular weight excluding hydrogens is 532 g/mol. The topological polar surface area (TPSA) is 84.5 Å². The van der Waals surface area contributed by atoms with E-state index in [0.717, 1.165) is 41.2 Å². The smallest absolute Gasteiger partial charge is 0.340 e. The van der Waals surface area contributed by atoms with Gasteiger partial charge in [-0.25, -0.2) is 4.79 Å². The van der Waals surface area contributed by atoms with Gasteiger partial charge in [0.2, 0.25) is 5.91 Å². The summed E-state index contributed by atoms with van der Waals surface area (Å²) in [5.74, 6) is -0.377. The highest BCUT2D eigenvalue weighted by atomic mass is 35.5. The monoisotopic (exact) mass is 558 g/mol. The molecule has 1 amide bonds. The number of furan rings is 1. The van der Waals surface area contributed by atoms with Gasteiger partial charge in [-0.2, -0.15) is 0 Å². The van der Waals surface area contributed by atoms with Gasteiger partial charge in [0.05, 0.1) is 18.2 Å². The van der Waals surface area contributed by atoms with Gasteiger partial charge in [0, 0.05) is 34.0 Å². The molecule has 198 valence electrons. The molecule has 0 fully saturated rings. The number of halogens is 1. The van der Waals surface area contributed by atoms with Crippen molar-refractivity contribution >= 4 is 56.8 Å². The van der Waals surface area contributed by atoms with E-state index >= 15 is 0 Å². The van der Waals surface area contributed by atoms with Crippen molar-refractivity contribution in [2.75, 3.05) is 6.54 Å². The molecule has 0 atom stereocenters. The minimum atomic E-state index is -0.557. The second-order valence-corrected chi connectivity index (χ2v) is 10.3. The van der Waals surface area contributed by atoms with Gasteiger partial charge in [0.1, 0.15) is 11.2 Å². The molecule has 5 rings (SSSR count). The third kappa shape index (κ3) is 6.21.